The molecule has 2 aromatic carbocycles. The smallest absolute Gasteiger partial charge is 0.349 e. The Hall–Kier alpha value is -2.92. The second-order valence-electron chi connectivity index (χ2n) is 7.12. The Kier molecular flexibility index (Phi) is 5.03. The van der Waals surface area contributed by atoms with Crippen molar-refractivity contribution >= 4 is 16.9 Å². The molecular formula is C22H23N2O3+. The molecule has 2 heterocycles. The van der Waals surface area contributed by atoms with Crippen LogP contribution in [0.1, 0.15) is 34.3 Å². The highest BCUT2D eigenvalue weighted by atomic mass is 16.4. The van der Waals surface area contributed by atoms with Crippen LogP contribution in [0.5, 0.6) is 0 Å². The summed E-state index contributed by atoms with van der Waals surface area (Å²) in [4.78, 5) is 26.1. The SMILES string of the molecule is O=C(NCc1ccc(C[NH+]2CCCC2)cc1)c1cc2ccccc2oc1=O. The van der Waals surface area contributed by atoms with Gasteiger partial charge >= 0.3 is 5.63 Å². The van der Waals surface area contributed by atoms with Crippen molar-refractivity contribution in [3.05, 3.63) is 81.7 Å². The predicted molar refractivity (Wildman–Crippen MR) is 104 cm³/mol. The van der Waals surface area contributed by atoms with Crippen LogP contribution in [0, 0.1) is 0 Å². The normalized spacial score (nSPS) is 14.5. The number of hydrogen-bond donors (Lipinski definition) is 2. The third-order valence-corrected chi connectivity index (χ3v) is 5.13. The predicted octanol–water partition coefficient (Wildman–Crippen LogP) is 1.90. The Morgan fingerprint density at radius 1 is 1.00 bits per heavy atom. The first-order valence-corrected chi connectivity index (χ1v) is 9.41. The van der Waals surface area contributed by atoms with Crippen LogP contribution in [0.4, 0.5) is 0 Å². The highest BCUT2D eigenvalue weighted by Crippen LogP contribution is 2.12. The van der Waals surface area contributed by atoms with E-state index in [2.05, 4.69) is 17.4 Å². The van der Waals surface area contributed by atoms with E-state index < -0.39 is 11.5 Å². The highest BCUT2D eigenvalue weighted by Gasteiger charge is 2.16. The molecule has 1 saturated heterocycles. The van der Waals surface area contributed by atoms with E-state index in [9.17, 15) is 9.59 Å². The first kappa shape index (κ1) is 17.5. The molecule has 1 amide bonds. The van der Waals surface area contributed by atoms with Crippen molar-refractivity contribution in [2.24, 2.45) is 0 Å². The van der Waals surface area contributed by atoms with Gasteiger partial charge in [0.15, 0.2) is 0 Å². The zero-order valence-electron chi connectivity index (χ0n) is 15.2. The topological polar surface area (TPSA) is 63.8 Å². The van der Waals surface area contributed by atoms with Gasteiger partial charge in [0.05, 0.1) is 13.1 Å². The Morgan fingerprint density at radius 2 is 1.70 bits per heavy atom. The van der Waals surface area contributed by atoms with E-state index in [1.807, 2.05) is 24.3 Å². The lowest BCUT2D eigenvalue weighted by molar-refractivity contribution is -0.901. The quantitative estimate of drug-likeness (QED) is 0.681. The van der Waals surface area contributed by atoms with Crippen molar-refractivity contribution in [2.75, 3.05) is 13.1 Å². The fourth-order valence-electron chi connectivity index (χ4n) is 3.61. The molecule has 1 fully saturated rings. The van der Waals surface area contributed by atoms with Crippen molar-refractivity contribution in [1.29, 1.82) is 0 Å². The number of nitrogens with one attached hydrogen (secondary N) is 2. The van der Waals surface area contributed by atoms with Crippen LogP contribution in [0.2, 0.25) is 0 Å². The van der Waals surface area contributed by atoms with Crippen molar-refractivity contribution in [3.63, 3.8) is 0 Å². The number of carbonyl (C=O) groups is 1. The molecule has 1 aliphatic heterocycles. The molecule has 0 aliphatic carbocycles. The number of benzene rings is 2. The summed E-state index contributed by atoms with van der Waals surface area (Å²) in [5.74, 6) is -0.417. The molecule has 27 heavy (non-hydrogen) atoms. The van der Waals surface area contributed by atoms with E-state index in [4.69, 9.17) is 4.42 Å². The first-order valence-electron chi connectivity index (χ1n) is 9.41. The molecule has 0 radical (unpaired) electrons. The van der Waals surface area contributed by atoms with Gasteiger partial charge in [-0.05, 0) is 17.7 Å². The van der Waals surface area contributed by atoms with Gasteiger partial charge in [0.1, 0.15) is 17.7 Å². The summed E-state index contributed by atoms with van der Waals surface area (Å²) in [5, 5.41) is 3.54. The fraction of sp³-hybridized carbons (Fsp3) is 0.273. The second kappa shape index (κ2) is 7.76. The van der Waals surface area contributed by atoms with Gasteiger partial charge in [-0.1, -0.05) is 42.5 Å². The van der Waals surface area contributed by atoms with E-state index in [0.717, 1.165) is 17.5 Å². The summed E-state index contributed by atoms with van der Waals surface area (Å²) in [6.45, 7) is 3.95. The number of quaternary nitrogens is 1. The van der Waals surface area contributed by atoms with Crippen molar-refractivity contribution in [3.8, 4) is 0 Å². The maximum atomic E-state index is 12.4. The minimum Gasteiger partial charge on any atom is -0.422 e. The number of rotatable bonds is 5. The number of amides is 1. The average Bonchev–Trinajstić information content (AvgIpc) is 3.19. The minimum atomic E-state index is -0.616. The van der Waals surface area contributed by atoms with Gasteiger partial charge in [0.2, 0.25) is 0 Å². The van der Waals surface area contributed by atoms with E-state index in [-0.39, 0.29) is 5.56 Å². The second-order valence-corrected chi connectivity index (χ2v) is 7.12. The maximum absolute atomic E-state index is 12.4. The van der Waals surface area contributed by atoms with Crippen LogP contribution in [0.25, 0.3) is 11.0 Å². The van der Waals surface area contributed by atoms with Gasteiger partial charge in [0.25, 0.3) is 5.91 Å². The summed E-state index contributed by atoms with van der Waals surface area (Å²) >= 11 is 0. The summed E-state index contributed by atoms with van der Waals surface area (Å²) in [6.07, 6.45) is 2.64. The molecule has 2 N–H and O–H groups in total. The lowest BCUT2D eigenvalue weighted by Gasteiger charge is -2.12. The number of carbonyl (C=O) groups excluding carboxylic acids is 1. The molecule has 0 saturated carbocycles. The van der Waals surface area contributed by atoms with Crippen molar-refractivity contribution < 1.29 is 14.1 Å². The van der Waals surface area contributed by atoms with Crippen LogP contribution in [-0.4, -0.2) is 19.0 Å². The highest BCUT2D eigenvalue weighted by molar-refractivity contribution is 5.96. The molecule has 0 atom stereocenters. The number of hydrogen-bond acceptors (Lipinski definition) is 3. The molecule has 5 nitrogen and oxygen atoms in total. The van der Waals surface area contributed by atoms with Crippen LogP contribution in [0.3, 0.4) is 0 Å². The Balaban J connectivity index is 1.40. The van der Waals surface area contributed by atoms with Crippen LogP contribution < -0.4 is 15.8 Å². The molecule has 0 spiro atoms. The molecule has 4 rings (SSSR count). The van der Waals surface area contributed by atoms with Gasteiger partial charge in [0, 0.05) is 30.3 Å². The minimum absolute atomic E-state index is 0.0305. The largest absolute Gasteiger partial charge is 0.422 e. The van der Waals surface area contributed by atoms with E-state index in [1.165, 1.54) is 31.5 Å². The molecule has 5 heteroatoms. The Bertz CT molecular complexity index is 1000. The number of para-hydroxylation sites is 1. The molecule has 0 unspecified atom stereocenters. The zero-order valence-corrected chi connectivity index (χ0v) is 15.2. The summed E-state index contributed by atoms with van der Waals surface area (Å²) in [7, 11) is 0. The Labute approximate surface area is 157 Å². The molecule has 138 valence electrons. The van der Waals surface area contributed by atoms with Gasteiger partial charge < -0.3 is 14.6 Å². The first-order chi connectivity index (χ1) is 13.2. The summed E-state index contributed by atoms with van der Waals surface area (Å²) in [6, 6.07) is 17.1. The average molecular weight is 363 g/mol. The van der Waals surface area contributed by atoms with Crippen molar-refractivity contribution in [1.82, 2.24) is 5.32 Å². The van der Waals surface area contributed by atoms with E-state index >= 15 is 0 Å². The van der Waals surface area contributed by atoms with Crippen LogP contribution >= 0.6 is 0 Å². The summed E-state index contributed by atoms with van der Waals surface area (Å²) in [5.41, 5.74) is 2.22. The molecule has 1 aromatic heterocycles. The number of likely N-dealkylation sites (tertiary alicyclic amines) is 1. The third kappa shape index (κ3) is 4.09. The third-order valence-electron chi connectivity index (χ3n) is 5.13. The molecule has 1 aliphatic rings. The van der Waals surface area contributed by atoms with Gasteiger partial charge in [-0.3, -0.25) is 4.79 Å². The van der Waals surface area contributed by atoms with Gasteiger partial charge in [-0.2, -0.15) is 0 Å². The lowest BCUT2D eigenvalue weighted by Crippen LogP contribution is -3.08. The Morgan fingerprint density at radius 3 is 2.48 bits per heavy atom. The van der Waals surface area contributed by atoms with Crippen LogP contribution in [0.15, 0.2) is 63.8 Å². The zero-order chi connectivity index (χ0) is 18.6. The lowest BCUT2D eigenvalue weighted by atomic mass is 10.1. The van der Waals surface area contributed by atoms with Crippen molar-refractivity contribution in [2.45, 2.75) is 25.9 Å². The monoisotopic (exact) mass is 363 g/mol. The molecule has 0 bridgehead atoms. The maximum Gasteiger partial charge on any atom is 0.349 e. The standard InChI is InChI=1S/C22H22N2O3/c25-21(19-13-18-5-1-2-6-20(18)27-22(19)26)23-14-16-7-9-17(10-8-16)15-24-11-3-4-12-24/h1-2,5-10,13H,3-4,11-12,14-15H2,(H,23,25)/p+1. The van der Waals surface area contributed by atoms with Crippen LogP contribution in [-0.2, 0) is 13.1 Å². The number of fused-ring (bicyclic) bond motifs is 1. The van der Waals surface area contributed by atoms with E-state index in [0.29, 0.717) is 12.1 Å². The molecular weight excluding hydrogens is 340 g/mol. The molecule has 3 aromatic rings. The van der Waals surface area contributed by atoms with E-state index in [1.54, 1.807) is 23.1 Å². The van der Waals surface area contributed by atoms with Gasteiger partial charge in [-0.25, -0.2) is 4.79 Å². The summed E-state index contributed by atoms with van der Waals surface area (Å²) < 4.78 is 5.23. The fourth-order valence-corrected chi connectivity index (χ4v) is 3.61. The van der Waals surface area contributed by atoms with Gasteiger partial charge in [-0.15, -0.1) is 0 Å².